The van der Waals surface area contributed by atoms with Gasteiger partial charge in [0.25, 0.3) is 0 Å². The number of aromatic amines is 1. The van der Waals surface area contributed by atoms with Gasteiger partial charge in [0.05, 0.1) is 6.42 Å². The molecule has 0 aliphatic rings. The number of amides is 1. The van der Waals surface area contributed by atoms with Crippen LogP contribution in [0.5, 0.6) is 0 Å². The Labute approximate surface area is 124 Å². The topological polar surface area (TPSA) is 83.8 Å². The van der Waals surface area contributed by atoms with E-state index < -0.39 is 0 Å². The molecular weight excluding hydrogens is 264 g/mol. The molecule has 1 heterocycles. The average molecular weight is 286 g/mol. The molecule has 0 atom stereocenters. The minimum atomic E-state index is -0.0946. The van der Waals surface area contributed by atoms with Crippen LogP contribution in [0.2, 0.25) is 0 Å². The fraction of sp³-hybridized carbons (Fsp3) is 0.375. The summed E-state index contributed by atoms with van der Waals surface area (Å²) in [6.07, 6.45) is 0.297. The van der Waals surface area contributed by atoms with E-state index in [9.17, 15) is 4.79 Å². The summed E-state index contributed by atoms with van der Waals surface area (Å²) in [6.45, 7) is 6.69. The number of carbonyl (C=O) groups excluding carboxylic acids is 1. The van der Waals surface area contributed by atoms with Crippen molar-refractivity contribution in [2.75, 3.05) is 5.32 Å². The third kappa shape index (κ3) is 3.92. The molecule has 4 N–H and O–H groups in total. The first-order valence-corrected chi connectivity index (χ1v) is 7.02. The second kappa shape index (κ2) is 6.10. The van der Waals surface area contributed by atoms with Crippen molar-refractivity contribution in [1.29, 1.82) is 0 Å². The number of carbonyl (C=O) groups is 1. The van der Waals surface area contributed by atoms with Crippen LogP contribution < -0.4 is 11.1 Å². The van der Waals surface area contributed by atoms with E-state index >= 15 is 0 Å². The van der Waals surface area contributed by atoms with Gasteiger partial charge in [-0.1, -0.05) is 45.0 Å². The molecule has 0 bridgehead atoms. The van der Waals surface area contributed by atoms with Crippen molar-refractivity contribution in [3.63, 3.8) is 0 Å². The first-order chi connectivity index (χ1) is 9.90. The monoisotopic (exact) mass is 286 g/mol. The highest BCUT2D eigenvalue weighted by atomic mass is 16.1. The highest BCUT2D eigenvalue weighted by Gasteiger charge is 2.17. The molecule has 2 aromatic rings. The minimum absolute atomic E-state index is 0.0257. The summed E-state index contributed by atoms with van der Waals surface area (Å²) in [4.78, 5) is 12.1. The average Bonchev–Trinajstić information content (AvgIpc) is 2.87. The lowest BCUT2D eigenvalue weighted by Gasteiger charge is -2.14. The van der Waals surface area contributed by atoms with Crippen molar-refractivity contribution < 1.29 is 4.79 Å². The SMILES string of the molecule is CC(C)(C)c1cc(NC(=O)Cc2ccccc2CN)n[nH]1. The van der Waals surface area contributed by atoms with Crippen LogP contribution in [-0.2, 0) is 23.2 Å². The quantitative estimate of drug-likeness (QED) is 0.806. The van der Waals surface area contributed by atoms with E-state index in [-0.39, 0.29) is 11.3 Å². The van der Waals surface area contributed by atoms with E-state index in [1.807, 2.05) is 30.3 Å². The van der Waals surface area contributed by atoms with Crippen LogP contribution in [0.1, 0.15) is 37.6 Å². The van der Waals surface area contributed by atoms with E-state index in [4.69, 9.17) is 5.73 Å². The van der Waals surface area contributed by atoms with E-state index in [1.165, 1.54) is 0 Å². The largest absolute Gasteiger partial charge is 0.326 e. The summed E-state index contributed by atoms with van der Waals surface area (Å²) in [5.41, 5.74) is 8.58. The van der Waals surface area contributed by atoms with Gasteiger partial charge in [-0.05, 0) is 11.1 Å². The van der Waals surface area contributed by atoms with Gasteiger partial charge in [-0.25, -0.2) is 0 Å². The molecule has 0 spiro atoms. The molecule has 1 aromatic heterocycles. The fourth-order valence-electron chi connectivity index (χ4n) is 2.06. The Hall–Kier alpha value is -2.14. The molecule has 0 aliphatic carbocycles. The third-order valence-corrected chi connectivity index (χ3v) is 3.34. The minimum Gasteiger partial charge on any atom is -0.326 e. The van der Waals surface area contributed by atoms with Crippen LogP contribution >= 0.6 is 0 Å². The van der Waals surface area contributed by atoms with Crippen LogP contribution in [0.3, 0.4) is 0 Å². The normalized spacial score (nSPS) is 11.4. The molecule has 5 nitrogen and oxygen atoms in total. The zero-order valence-electron chi connectivity index (χ0n) is 12.7. The van der Waals surface area contributed by atoms with Crippen molar-refractivity contribution in [2.24, 2.45) is 5.73 Å². The lowest BCUT2D eigenvalue weighted by Crippen LogP contribution is -2.16. The number of nitrogens with one attached hydrogen (secondary N) is 2. The van der Waals surface area contributed by atoms with Crippen molar-refractivity contribution in [2.45, 2.75) is 39.2 Å². The molecule has 0 aliphatic heterocycles. The number of nitrogens with zero attached hydrogens (tertiary/aromatic N) is 1. The van der Waals surface area contributed by atoms with Gasteiger partial charge in [-0.3, -0.25) is 9.89 Å². The zero-order chi connectivity index (χ0) is 15.5. The van der Waals surface area contributed by atoms with Crippen molar-refractivity contribution >= 4 is 11.7 Å². The molecule has 0 saturated carbocycles. The number of hydrogen-bond donors (Lipinski definition) is 3. The standard InChI is InChI=1S/C16H22N4O/c1-16(2,3)13-9-14(20-19-13)18-15(21)8-11-6-4-5-7-12(11)10-17/h4-7,9H,8,10,17H2,1-3H3,(H2,18,19,20,21). The summed E-state index contributed by atoms with van der Waals surface area (Å²) in [7, 11) is 0. The molecule has 0 radical (unpaired) electrons. The Morgan fingerprint density at radius 2 is 1.95 bits per heavy atom. The fourth-order valence-corrected chi connectivity index (χ4v) is 2.06. The number of rotatable bonds is 4. The molecule has 1 aromatic carbocycles. The van der Waals surface area contributed by atoms with Gasteiger partial charge < -0.3 is 11.1 Å². The molecule has 21 heavy (non-hydrogen) atoms. The first-order valence-electron chi connectivity index (χ1n) is 7.02. The highest BCUT2D eigenvalue weighted by molar-refractivity contribution is 5.91. The van der Waals surface area contributed by atoms with Gasteiger partial charge >= 0.3 is 0 Å². The predicted molar refractivity (Wildman–Crippen MR) is 84.0 cm³/mol. The number of hydrogen-bond acceptors (Lipinski definition) is 3. The summed E-state index contributed by atoms with van der Waals surface area (Å²) >= 11 is 0. The Kier molecular flexibility index (Phi) is 4.43. The molecule has 112 valence electrons. The van der Waals surface area contributed by atoms with Gasteiger partial charge in [0.15, 0.2) is 5.82 Å². The van der Waals surface area contributed by atoms with E-state index in [0.717, 1.165) is 16.8 Å². The maximum atomic E-state index is 12.1. The lowest BCUT2D eigenvalue weighted by molar-refractivity contribution is -0.115. The summed E-state index contributed by atoms with van der Waals surface area (Å²) < 4.78 is 0. The molecule has 2 rings (SSSR count). The summed E-state index contributed by atoms with van der Waals surface area (Å²) in [6, 6.07) is 9.56. The smallest absolute Gasteiger partial charge is 0.230 e. The van der Waals surface area contributed by atoms with Gasteiger partial charge in [-0.15, -0.1) is 0 Å². The maximum Gasteiger partial charge on any atom is 0.230 e. The Morgan fingerprint density at radius 3 is 2.52 bits per heavy atom. The van der Waals surface area contributed by atoms with Crippen molar-refractivity contribution in [3.05, 3.63) is 47.2 Å². The van der Waals surface area contributed by atoms with Gasteiger partial charge in [0.2, 0.25) is 5.91 Å². The second-order valence-corrected chi connectivity index (χ2v) is 6.11. The number of nitrogens with two attached hydrogens (primary N) is 1. The Morgan fingerprint density at radius 1 is 1.29 bits per heavy atom. The molecule has 0 saturated heterocycles. The molecular formula is C16H22N4O. The zero-order valence-corrected chi connectivity index (χ0v) is 12.7. The Balaban J connectivity index is 2.03. The summed E-state index contributed by atoms with van der Waals surface area (Å²) in [5.74, 6) is 0.456. The van der Waals surface area contributed by atoms with E-state index in [0.29, 0.717) is 18.8 Å². The van der Waals surface area contributed by atoms with Crippen LogP contribution in [-0.4, -0.2) is 16.1 Å². The van der Waals surface area contributed by atoms with E-state index in [1.54, 1.807) is 0 Å². The third-order valence-electron chi connectivity index (χ3n) is 3.34. The first kappa shape index (κ1) is 15.3. The van der Waals surface area contributed by atoms with Gasteiger partial charge in [-0.2, -0.15) is 5.10 Å². The predicted octanol–water partition coefficient (Wildman–Crippen LogP) is 2.35. The van der Waals surface area contributed by atoms with Gasteiger partial charge in [0.1, 0.15) is 0 Å². The van der Waals surface area contributed by atoms with Crippen LogP contribution in [0, 0.1) is 0 Å². The van der Waals surface area contributed by atoms with Crippen LogP contribution in [0.15, 0.2) is 30.3 Å². The van der Waals surface area contributed by atoms with Crippen molar-refractivity contribution in [1.82, 2.24) is 10.2 Å². The number of H-pyrrole nitrogens is 1. The van der Waals surface area contributed by atoms with Gasteiger partial charge in [0, 0.05) is 23.7 Å². The van der Waals surface area contributed by atoms with E-state index in [2.05, 4.69) is 36.3 Å². The number of benzene rings is 1. The summed E-state index contributed by atoms with van der Waals surface area (Å²) in [5, 5.41) is 9.89. The second-order valence-electron chi connectivity index (χ2n) is 6.11. The van der Waals surface area contributed by atoms with Crippen molar-refractivity contribution in [3.8, 4) is 0 Å². The molecule has 5 heteroatoms. The number of aromatic nitrogens is 2. The van der Waals surface area contributed by atoms with Crippen LogP contribution in [0.25, 0.3) is 0 Å². The molecule has 0 unspecified atom stereocenters. The highest BCUT2D eigenvalue weighted by Crippen LogP contribution is 2.22. The lowest BCUT2D eigenvalue weighted by atomic mass is 9.92. The number of anilines is 1. The van der Waals surface area contributed by atoms with Crippen LogP contribution in [0.4, 0.5) is 5.82 Å². The molecule has 0 fully saturated rings. The molecule has 1 amide bonds. The maximum absolute atomic E-state index is 12.1. The Bertz CT molecular complexity index is 625.